The SMILES string of the molecule is CCCNC(C)c1cccc(SCCOC(F)(F)F)c1. The Labute approximate surface area is 122 Å². The quantitative estimate of drug-likeness (QED) is 0.569. The Kier molecular flexibility index (Phi) is 7.40. The Bertz CT molecular complexity index is 398. The molecule has 0 fully saturated rings. The standard InChI is InChI=1S/C14H20F3NOS/c1-3-7-18-11(2)12-5-4-6-13(10-12)20-9-8-19-14(15,16)17/h4-6,10-11,18H,3,7-9H2,1-2H3. The van der Waals surface area contributed by atoms with Crippen molar-refractivity contribution in [1.82, 2.24) is 5.32 Å². The van der Waals surface area contributed by atoms with E-state index in [0.29, 0.717) is 0 Å². The van der Waals surface area contributed by atoms with Crippen LogP contribution in [0.15, 0.2) is 29.2 Å². The van der Waals surface area contributed by atoms with E-state index in [1.807, 2.05) is 24.3 Å². The molecule has 1 aromatic carbocycles. The number of alkyl halides is 3. The molecule has 1 aromatic rings. The predicted molar refractivity (Wildman–Crippen MR) is 75.9 cm³/mol. The van der Waals surface area contributed by atoms with Crippen LogP contribution in [0.25, 0.3) is 0 Å². The summed E-state index contributed by atoms with van der Waals surface area (Å²) in [7, 11) is 0. The molecule has 0 bridgehead atoms. The van der Waals surface area contributed by atoms with Gasteiger partial charge in [-0.15, -0.1) is 24.9 Å². The van der Waals surface area contributed by atoms with E-state index in [-0.39, 0.29) is 18.4 Å². The highest BCUT2D eigenvalue weighted by Crippen LogP contribution is 2.23. The molecule has 0 saturated heterocycles. The molecule has 0 amide bonds. The molecule has 0 heterocycles. The maximum atomic E-state index is 11.8. The third-order valence-electron chi connectivity index (χ3n) is 2.68. The molecule has 0 spiro atoms. The Hall–Kier alpha value is -0.720. The molecule has 1 N–H and O–H groups in total. The number of hydrogen-bond donors (Lipinski definition) is 1. The van der Waals surface area contributed by atoms with Crippen LogP contribution in [0.1, 0.15) is 31.9 Å². The second-order valence-electron chi connectivity index (χ2n) is 4.39. The summed E-state index contributed by atoms with van der Waals surface area (Å²) in [5.41, 5.74) is 1.14. The highest BCUT2D eigenvalue weighted by atomic mass is 32.2. The molecule has 0 aromatic heterocycles. The first-order valence-corrected chi connectivity index (χ1v) is 7.57. The van der Waals surface area contributed by atoms with E-state index in [1.54, 1.807) is 0 Å². The lowest BCUT2D eigenvalue weighted by Crippen LogP contribution is -2.19. The Morgan fingerprint density at radius 1 is 1.35 bits per heavy atom. The van der Waals surface area contributed by atoms with E-state index in [9.17, 15) is 13.2 Å². The van der Waals surface area contributed by atoms with Gasteiger partial charge in [-0.2, -0.15) is 0 Å². The van der Waals surface area contributed by atoms with E-state index in [4.69, 9.17) is 0 Å². The van der Waals surface area contributed by atoms with Crippen molar-refractivity contribution < 1.29 is 17.9 Å². The molecule has 6 heteroatoms. The van der Waals surface area contributed by atoms with Crippen LogP contribution in [0, 0.1) is 0 Å². The molecule has 114 valence electrons. The molecule has 1 atom stereocenters. The summed E-state index contributed by atoms with van der Waals surface area (Å²) >= 11 is 1.36. The minimum Gasteiger partial charge on any atom is -0.310 e. The van der Waals surface area contributed by atoms with Gasteiger partial charge in [-0.1, -0.05) is 19.1 Å². The van der Waals surface area contributed by atoms with Crippen molar-refractivity contribution in [3.63, 3.8) is 0 Å². The lowest BCUT2D eigenvalue weighted by Gasteiger charge is -2.14. The smallest absolute Gasteiger partial charge is 0.310 e. The molecular formula is C14H20F3NOS. The summed E-state index contributed by atoms with van der Waals surface area (Å²) in [6.07, 6.45) is -3.48. The van der Waals surface area contributed by atoms with Gasteiger partial charge in [0.05, 0.1) is 6.61 Å². The summed E-state index contributed by atoms with van der Waals surface area (Å²) < 4.78 is 39.2. The van der Waals surface area contributed by atoms with E-state index in [1.165, 1.54) is 11.8 Å². The molecule has 0 aliphatic rings. The van der Waals surface area contributed by atoms with Crippen molar-refractivity contribution in [2.24, 2.45) is 0 Å². The van der Waals surface area contributed by atoms with E-state index >= 15 is 0 Å². The third-order valence-corrected chi connectivity index (χ3v) is 3.63. The topological polar surface area (TPSA) is 21.3 Å². The number of nitrogens with one attached hydrogen (secondary N) is 1. The van der Waals surface area contributed by atoms with Crippen LogP contribution >= 0.6 is 11.8 Å². The van der Waals surface area contributed by atoms with Gasteiger partial charge < -0.3 is 5.32 Å². The summed E-state index contributed by atoms with van der Waals surface area (Å²) in [6, 6.07) is 8.08. The second kappa shape index (κ2) is 8.54. The van der Waals surface area contributed by atoms with Gasteiger partial charge >= 0.3 is 6.36 Å². The second-order valence-corrected chi connectivity index (χ2v) is 5.56. The third kappa shape index (κ3) is 7.17. The number of ether oxygens (including phenoxy) is 1. The maximum absolute atomic E-state index is 11.8. The average Bonchev–Trinajstić information content (AvgIpc) is 2.40. The van der Waals surface area contributed by atoms with E-state index in [0.717, 1.165) is 23.4 Å². The van der Waals surface area contributed by atoms with Crippen LogP contribution < -0.4 is 5.32 Å². The summed E-state index contributed by atoms with van der Waals surface area (Å²) in [5, 5.41) is 3.38. The zero-order chi connectivity index (χ0) is 15.0. The Morgan fingerprint density at radius 2 is 2.10 bits per heavy atom. The number of thioether (sulfide) groups is 1. The summed E-state index contributed by atoms with van der Waals surface area (Å²) in [4.78, 5) is 0.957. The lowest BCUT2D eigenvalue weighted by molar-refractivity contribution is -0.322. The normalized spacial score (nSPS) is 13.4. The molecule has 1 rings (SSSR count). The maximum Gasteiger partial charge on any atom is 0.522 e. The van der Waals surface area contributed by atoms with Crippen LogP contribution in [0.3, 0.4) is 0 Å². The predicted octanol–water partition coefficient (Wildman–Crippen LogP) is 4.38. The molecule has 2 nitrogen and oxygen atoms in total. The molecule has 0 radical (unpaired) electrons. The fourth-order valence-corrected chi connectivity index (χ4v) is 2.47. The van der Waals surface area contributed by atoms with Crippen molar-refractivity contribution >= 4 is 11.8 Å². The van der Waals surface area contributed by atoms with Crippen molar-refractivity contribution in [2.45, 2.75) is 37.6 Å². The van der Waals surface area contributed by atoms with Crippen LogP contribution in [0.4, 0.5) is 13.2 Å². The van der Waals surface area contributed by atoms with Gasteiger partial charge in [0.25, 0.3) is 0 Å². The van der Waals surface area contributed by atoms with Gasteiger partial charge in [0, 0.05) is 16.7 Å². The van der Waals surface area contributed by atoms with Crippen LogP contribution in [-0.4, -0.2) is 25.3 Å². The highest BCUT2D eigenvalue weighted by Gasteiger charge is 2.28. The largest absolute Gasteiger partial charge is 0.522 e. The van der Waals surface area contributed by atoms with Crippen molar-refractivity contribution in [1.29, 1.82) is 0 Å². The van der Waals surface area contributed by atoms with Gasteiger partial charge in [-0.05, 0) is 37.6 Å². The fourth-order valence-electron chi connectivity index (χ4n) is 1.67. The van der Waals surface area contributed by atoms with E-state index in [2.05, 4.69) is 23.9 Å². The highest BCUT2D eigenvalue weighted by molar-refractivity contribution is 7.99. The Balaban J connectivity index is 2.43. The molecule has 1 unspecified atom stereocenters. The zero-order valence-electron chi connectivity index (χ0n) is 11.7. The van der Waals surface area contributed by atoms with Gasteiger partial charge in [-0.25, -0.2) is 0 Å². The van der Waals surface area contributed by atoms with Crippen LogP contribution in [-0.2, 0) is 4.74 Å². The minimum absolute atomic E-state index is 0.238. The summed E-state index contributed by atoms with van der Waals surface area (Å²) in [6.45, 7) is 4.79. The molecule has 0 aliphatic carbocycles. The monoisotopic (exact) mass is 307 g/mol. The zero-order valence-corrected chi connectivity index (χ0v) is 12.5. The molecular weight excluding hydrogens is 287 g/mol. The van der Waals surface area contributed by atoms with Gasteiger partial charge in [0.15, 0.2) is 0 Å². The van der Waals surface area contributed by atoms with Crippen molar-refractivity contribution in [3.05, 3.63) is 29.8 Å². The lowest BCUT2D eigenvalue weighted by atomic mass is 10.1. The Morgan fingerprint density at radius 3 is 2.75 bits per heavy atom. The molecule has 0 saturated carbocycles. The fraction of sp³-hybridized carbons (Fsp3) is 0.571. The molecule has 20 heavy (non-hydrogen) atoms. The molecule has 0 aliphatic heterocycles. The summed E-state index contributed by atoms with van der Waals surface area (Å²) in [5.74, 6) is 0.278. The van der Waals surface area contributed by atoms with Gasteiger partial charge in [0.2, 0.25) is 0 Å². The number of hydrogen-bond acceptors (Lipinski definition) is 3. The minimum atomic E-state index is -4.54. The van der Waals surface area contributed by atoms with Crippen molar-refractivity contribution in [3.8, 4) is 0 Å². The van der Waals surface area contributed by atoms with Crippen LogP contribution in [0.2, 0.25) is 0 Å². The van der Waals surface area contributed by atoms with Gasteiger partial charge in [-0.3, -0.25) is 4.74 Å². The number of benzene rings is 1. The first-order valence-electron chi connectivity index (χ1n) is 6.59. The van der Waals surface area contributed by atoms with E-state index < -0.39 is 6.36 Å². The first kappa shape index (κ1) is 17.3. The first-order chi connectivity index (χ1) is 9.42. The number of rotatable bonds is 8. The van der Waals surface area contributed by atoms with Gasteiger partial charge in [0.1, 0.15) is 0 Å². The van der Waals surface area contributed by atoms with Crippen LogP contribution in [0.5, 0.6) is 0 Å². The number of halogens is 3. The van der Waals surface area contributed by atoms with Crippen molar-refractivity contribution in [2.75, 3.05) is 18.9 Å². The average molecular weight is 307 g/mol.